The molecule has 0 fully saturated rings. The summed E-state index contributed by atoms with van der Waals surface area (Å²) in [5, 5.41) is 8.84. The standard InChI is InChI=1S/C10H13NO2/c1-3-11(10(12)13)9-6-4-5-8(2)7-9/h4-7H,3H2,1-2H3,(H,12,13). The summed E-state index contributed by atoms with van der Waals surface area (Å²) in [4.78, 5) is 12.1. The van der Waals surface area contributed by atoms with E-state index in [1.807, 2.05) is 32.0 Å². The van der Waals surface area contributed by atoms with Crippen molar-refractivity contribution in [2.24, 2.45) is 0 Å². The van der Waals surface area contributed by atoms with Crippen molar-refractivity contribution in [2.75, 3.05) is 11.4 Å². The number of benzene rings is 1. The van der Waals surface area contributed by atoms with Gasteiger partial charge in [-0.15, -0.1) is 0 Å². The molecule has 0 aromatic heterocycles. The van der Waals surface area contributed by atoms with E-state index in [9.17, 15) is 4.79 Å². The van der Waals surface area contributed by atoms with Crippen LogP contribution in [0.5, 0.6) is 0 Å². The third-order valence-electron chi connectivity index (χ3n) is 1.86. The molecule has 3 heteroatoms. The average molecular weight is 179 g/mol. The number of rotatable bonds is 2. The van der Waals surface area contributed by atoms with Gasteiger partial charge in [0.2, 0.25) is 0 Å². The Kier molecular flexibility index (Phi) is 2.90. The molecule has 0 radical (unpaired) electrons. The zero-order valence-corrected chi connectivity index (χ0v) is 7.82. The van der Waals surface area contributed by atoms with Gasteiger partial charge in [-0.3, -0.25) is 4.90 Å². The third-order valence-corrected chi connectivity index (χ3v) is 1.86. The van der Waals surface area contributed by atoms with Gasteiger partial charge in [0.15, 0.2) is 0 Å². The van der Waals surface area contributed by atoms with Crippen LogP contribution in [0.3, 0.4) is 0 Å². The van der Waals surface area contributed by atoms with Crippen molar-refractivity contribution >= 4 is 11.8 Å². The smallest absolute Gasteiger partial charge is 0.411 e. The van der Waals surface area contributed by atoms with Crippen LogP contribution in [0, 0.1) is 6.92 Å². The number of aryl methyl sites for hydroxylation is 1. The first kappa shape index (κ1) is 9.58. The van der Waals surface area contributed by atoms with Gasteiger partial charge in [0.1, 0.15) is 0 Å². The lowest BCUT2D eigenvalue weighted by Crippen LogP contribution is -2.28. The van der Waals surface area contributed by atoms with Crippen LogP contribution in [0.25, 0.3) is 0 Å². The summed E-state index contributed by atoms with van der Waals surface area (Å²) in [6, 6.07) is 7.46. The molecule has 0 saturated heterocycles. The molecule has 0 bridgehead atoms. The number of carbonyl (C=O) groups is 1. The van der Waals surface area contributed by atoms with Crippen molar-refractivity contribution in [1.82, 2.24) is 0 Å². The molecule has 0 aliphatic carbocycles. The molecular weight excluding hydrogens is 166 g/mol. The molecular formula is C10H13NO2. The maximum atomic E-state index is 10.8. The lowest BCUT2D eigenvalue weighted by molar-refractivity contribution is 0.202. The van der Waals surface area contributed by atoms with E-state index in [0.717, 1.165) is 11.3 Å². The van der Waals surface area contributed by atoms with Crippen molar-refractivity contribution in [1.29, 1.82) is 0 Å². The Morgan fingerprint density at radius 1 is 1.54 bits per heavy atom. The van der Waals surface area contributed by atoms with Crippen molar-refractivity contribution in [3.63, 3.8) is 0 Å². The first-order valence-electron chi connectivity index (χ1n) is 4.22. The molecule has 0 aliphatic heterocycles. The van der Waals surface area contributed by atoms with Crippen LogP contribution < -0.4 is 4.90 Å². The lowest BCUT2D eigenvalue weighted by Gasteiger charge is -2.17. The van der Waals surface area contributed by atoms with Gasteiger partial charge in [0.05, 0.1) is 0 Å². The van der Waals surface area contributed by atoms with E-state index in [4.69, 9.17) is 5.11 Å². The Morgan fingerprint density at radius 2 is 2.23 bits per heavy atom. The van der Waals surface area contributed by atoms with Crippen LogP contribution in [0.4, 0.5) is 10.5 Å². The molecule has 1 rings (SSSR count). The molecule has 0 atom stereocenters. The van der Waals surface area contributed by atoms with E-state index in [-0.39, 0.29) is 0 Å². The fourth-order valence-electron chi connectivity index (χ4n) is 1.22. The van der Waals surface area contributed by atoms with Crippen molar-refractivity contribution in [2.45, 2.75) is 13.8 Å². The predicted octanol–water partition coefficient (Wildman–Crippen LogP) is 2.50. The number of nitrogens with zero attached hydrogens (tertiary/aromatic N) is 1. The predicted molar refractivity (Wildman–Crippen MR) is 52.2 cm³/mol. The second-order valence-corrected chi connectivity index (χ2v) is 2.87. The summed E-state index contributed by atoms with van der Waals surface area (Å²) in [5.74, 6) is 0. The third kappa shape index (κ3) is 2.21. The number of hydrogen-bond donors (Lipinski definition) is 1. The van der Waals surface area contributed by atoms with E-state index in [0.29, 0.717) is 6.54 Å². The normalized spacial score (nSPS) is 9.69. The van der Waals surface area contributed by atoms with Gasteiger partial charge in [-0.1, -0.05) is 12.1 Å². The van der Waals surface area contributed by atoms with Gasteiger partial charge < -0.3 is 5.11 Å². The molecule has 13 heavy (non-hydrogen) atoms. The molecule has 0 aliphatic rings. The first-order valence-corrected chi connectivity index (χ1v) is 4.22. The molecule has 0 spiro atoms. The van der Waals surface area contributed by atoms with E-state index in [2.05, 4.69) is 0 Å². The van der Waals surface area contributed by atoms with Gasteiger partial charge in [-0.25, -0.2) is 4.79 Å². The van der Waals surface area contributed by atoms with Gasteiger partial charge in [-0.05, 0) is 31.5 Å². The highest BCUT2D eigenvalue weighted by Gasteiger charge is 2.10. The topological polar surface area (TPSA) is 40.5 Å². The molecule has 1 aromatic carbocycles. The van der Waals surface area contributed by atoms with Crippen molar-refractivity contribution in [3.05, 3.63) is 29.8 Å². The first-order chi connectivity index (χ1) is 6.15. The van der Waals surface area contributed by atoms with Crippen LogP contribution in [0.15, 0.2) is 24.3 Å². The average Bonchev–Trinajstić information content (AvgIpc) is 2.04. The van der Waals surface area contributed by atoms with Gasteiger partial charge >= 0.3 is 6.09 Å². The molecule has 1 amide bonds. The summed E-state index contributed by atoms with van der Waals surface area (Å²) in [6.07, 6.45) is -0.909. The zero-order chi connectivity index (χ0) is 9.84. The Bertz CT molecular complexity index is 310. The minimum atomic E-state index is -0.909. The maximum absolute atomic E-state index is 10.8. The summed E-state index contributed by atoms with van der Waals surface area (Å²) in [5.41, 5.74) is 1.80. The summed E-state index contributed by atoms with van der Waals surface area (Å²) in [6.45, 7) is 4.23. The Balaban J connectivity index is 2.98. The summed E-state index contributed by atoms with van der Waals surface area (Å²) >= 11 is 0. The second kappa shape index (κ2) is 3.94. The fraction of sp³-hybridized carbons (Fsp3) is 0.300. The Hall–Kier alpha value is -1.51. The number of carboxylic acid groups (broad SMARTS) is 1. The molecule has 70 valence electrons. The maximum Gasteiger partial charge on any atom is 0.411 e. The fourth-order valence-corrected chi connectivity index (χ4v) is 1.22. The summed E-state index contributed by atoms with van der Waals surface area (Å²) < 4.78 is 0. The van der Waals surface area contributed by atoms with Crippen LogP contribution in [0.2, 0.25) is 0 Å². The van der Waals surface area contributed by atoms with Crippen LogP contribution in [-0.2, 0) is 0 Å². The van der Waals surface area contributed by atoms with E-state index >= 15 is 0 Å². The van der Waals surface area contributed by atoms with Gasteiger partial charge in [0, 0.05) is 12.2 Å². The molecule has 0 heterocycles. The monoisotopic (exact) mass is 179 g/mol. The van der Waals surface area contributed by atoms with Crippen molar-refractivity contribution < 1.29 is 9.90 Å². The van der Waals surface area contributed by atoms with Gasteiger partial charge in [-0.2, -0.15) is 0 Å². The zero-order valence-electron chi connectivity index (χ0n) is 7.82. The number of amides is 1. The van der Waals surface area contributed by atoms with Crippen LogP contribution in [-0.4, -0.2) is 17.7 Å². The van der Waals surface area contributed by atoms with Crippen molar-refractivity contribution in [3.8, 4) is 0 Å². The van der Waals surface area contributed by atoms with E-state index in [1.165, 1.54) is 4.90 Å². The quantitative estimate of drug-likeness (QED) is 0.757. The Morgan fingerprint density at radius 3 is 2.69 bits per heavy atom. The second-order valence-electron chi connectivity index (χ2n) is 2.87. The summed E-state index contributed by atoms with van der Waals surface area (Å²) in [7, 11) is 0. The number of hydrogen-bond acceptors (Lipinski definition) is 1. The largest absolute Gasteiger partial charge is 0.465 e. The van der Waals surface area contributed by atoms with E-state index < -0.39 is 6.09 Å². The van der Waals surface area contributed by atoms with E-state index in [1.54, 1.807) is 6.07 Å². The number of anilines is 1. The molecule has 1 N–H and O–H groups in total. The highest BCUT2D eigenvalue weighted by atomic mass is 16.4. The Labute approximate surface area is 77.6 Å². The van der Waals surface area contributed by atoms with Crippen LogP contribution >= 0.6 is 0 Å². The highest BCUT2D eigenvalue weighted by molar-refractivity contribution is 5.85. The lowest BCUT2D eigenvalue weighted by atomic mass is 10.2. The molecule has 0 unspecified atom stereocenters. The molecule has 1 aromatic rings. The minimum absolute atomic E-state index is 0.471. The SMILES string of the molecule is CCN(C(=O)O)c1cccc(C)c1. The van der Waals surface area contributed by atoms with Crippen LogP contribution in [0.1, 0.15) is 12.5 Å². The molecule has 0 saturated carbocycles. The molecule has 3 nitrogen and oxygen atoms in total. The van der Waals surface area contributed by atoms with Gasteiger partial charge in [0.25, 0.3) is 0 Å². The highest BCUT2D eigenvalue weighted by Crippen LogP contribution is 2.15. The minimum Gasteiger partial charge on any atom is -0.465 e.